The third kappa shape index (κ3) is 3.76. The standard InChI is InChI=1S/C20H22BrN3O/c1-4-20(25)24-19(15-7-11-17(12-8-15)23(2)3)13-18(22-24)14-5-9-16(21)10-6-14/h5-12,19H,4,13H2,1-3H3/t19-/m0/s1. The Morgan fingerprint density at radius 1 is 1.16 bits per heavy atom. The van der Waals surface area contributed by atoms with Gasteiger partial charge < -0.3 is 4.90 Å². The maximum absolute atomic E-state index is 12.4. The van der Waals surface area contributed by atoms with Gasteiger partial charge in [0.05, 0.1) is 11.8 Å². The van der Waals surface area contributed by atoms with E-state index in [-0.39, 0.29) is 11.9 Å². The average molecular weight is 400 g/mol. The number of halogens is 1. The summed E-state index contributed by atoms with van der Waals surface area (Å²) in [5.41, 5.74) is 4.27. The van der Waals surface area contributed by atoms with Gasteiger partial charge in [0.2, 0.25) is 5.91 Å². The highest BCUT2D eigenvalue weighted by Crippen LogP contribution is 2.34. The van der Waals surface area contributed by atoms with Crippen LogP contribution in [0.25, 0.3) is 0 Å². The van der Waals surface area contributed by atoms with E-state index in [1.54, 1.807) is 5.01 Å². The van der Waals surface area contributed by atoms with Gasteiger partial charge in [-0.2, -0.15) is 5.10 Å². The van der Waals surface area contributed by atoms with E-state index >= 15 is 0 Å². The van der Waals surface area contributed by atoms with Gasteiger partial charge in [-0.3, -0.25) is 4.79 Å². The van der Waals surface area contributed by atoms with Crippen molar-refractivity contribution in [3.63, 3.8) is 0 Å². The summed E-state index contributed by atoms with van der Waals surface area (Å²) in [6.45, 7) is 1.88. The van der Waals surface area contributed by atoms with E-state index < -0.39 is 0 Å². The number of benzene rings is 2. The molecule has 2 aromatic rings. The molecule has 3 rings (SSSR count). The second-order valence-electron chi connectivity index (χ2n) is 6.35. The zero-order valence-electron chi connectivity index (χ0n) is 14.7. The van der Waals surface area contributed by atoms with Gasteiger partial charge in [0, 0.05) is 37.1 Å². The Labute approximate surface area is 157 Å². The molecule has 0 aromatic heterocycles. The van der Waals surface area contributed by atoms with E-state index in [9.17, 15) is 4.79 Å². The number of carbonyl (C=O) groups excluding carboxylic acids is 1. The van der Waals surface area contributed by atoms with Gasteiger partial charge in [-0.05, 0) is 35.4 Å². The van der Waals surface area contributed by atoms with Crippen LogP contribution >= 0.6 is 15.9 Å². The lowest BCUT2D eigenvalue weighted by atomic mass is 9.98. The summed E-state index contributed by atoms with van der Waals surface area (Å²) in [7, 11) is 4.04. The van der Waals surface area contributed by atoms with Crippen molar-refractivity contribution in [3.8, 4) is 0 Å². The molecule has 1 atom stereocenters. The fraction of sp³-hybridized carbons (Fsp3) is 0.300. The number of hydrazone groups is 1. The first-order chi connectivity index (χ1) is 12.0. The molecule has 2 aromatic carbocycles. The number of nitrogens with zero attached hydrogens (tertiary/aromatic N) is 3. The molecular weight excluding hydrogens is 378 g/mol. The molecule has 5 heteroatoms. The van der Waals surface area contributed by atoms with E-state index in [4.69, 9.17) is 0 Å². The first kappa shape index (κ1) is 17.7. The van der Waals surface area contributed by atoms with Crippen LogP contribution in [0.4, 0.5) is 5.69 Å². The molecule has 0 radical (unpaired) electrons. The van der Waals surface area contributed by atoms with Crippen LogP contribution in [0, 0.1) is 0 Å². The van der Waals surface area contributed by atoms with Crippen LogP contribution < -0.4 is 4.90 Å². The quantitative estimate of drug-likeness (QED) is 0.752. The number of anilines is 1. The Morgan fingerprint density at radius 3 is 2.36 bits per heavy atom. The fourth-order valence-electron chi connectivity index (χ4n) is 2.97. The molecular formula is C20H22BrN3O. The smallest absolute Gasteiger partial charge is 0.242 e. The first-order valence-electron chi connectivity index (χ1n) is 8.42. The van der Waals surface area contributed by atoms with Crippen LogP contribution in [-0.4, -0.2) is 30.7 Å². The zero-order chi connectivity index (χ0) is 18.0. The molecule has 0 bridgehead atoms. The van der Waals surface area contributed by atoms with Gasteiger partial charge in [0.25, 0.3) is 0 Å². The predicted molar refractivity (Wildman–Crippen MR) is 106 cm³/mol. The van der Waals surface area contributed by atoms with Crippen molar-refractivity contribution in [1.29, 1.82) is 0 Å². The van der Waals surface area contributed by atoms with Crippen molar-refractivity contribution in [1.82, 2.24) is 5.01 Å². The van der Waals surface area contributed by atoms with Crippen molar-refractivity contribution in [2.75, 3.05) is 19.0 Å². The van der Waals surface area contributed by atoms with E-state index in [1.165, 1.54) is 0 Å². The largest absolute Gasteiger partial charge is 0.378 e. The SMILES string of the molecule is CCC(=O)N1N=C(c2ccc(Br)cc2)C[C@H]1c1ccc(N(C)C)cc1. The van der Waals surface area contributed by atoms with Crippen LogP contribution in [0.15, 0.2) is 58.1 Å². The number of rotatable bonds is 4. The third-order valence-electron chi connectivity index (χ3n) is 4.44. The molecule has 4 nitrogen and oxygen atoms in total. The maximum Gasteiger partial charge on any atom is 0.242 e. The highest BCUT2D eigenvalue weighted by Gasteiger charge is 2.32. The van der Waals surface area contributed by atoms with E-state index in [0.717, 1.165) is 33.4 Å². The van der Waals surface area contributed by atoms with Crippen LogP contribution in [-0.2, 0) is 4.79 Å². The summed E-state index contributed by atoms with van der Waals surface area (Å²) in [4.78, 5) is 14.5. The van der Waals surface area contributed by atoms with Gasteiger partial charge in [-0.1, -0.05) is 47.1 Å². The summed E-state index contributed by atoms with van der Waals surface area (Å²) in [6.07, 6.45) is 1.18. The molecule has 0 saturated heterocycles. The lowest BCUT2D eigenvalue weighted by molar-refractivity contribution is -0.132. The predicted octanol–water partition coefficient (Wildman–Crippen LogP) is 4.60. The van der Waals surface area contributed by atoms with Crippen LogP contribution in [0.1, 0.15) is 36.9 Å². The van der Waals surface area contributed by atoms with E-state index in [2.05, 4.69) is 50.2 Å². The number of carbonyl (C=O) groups is 1. The molecule has 1 heterocycles. The summed E-state index contributed by atoms with van der Waals surface area (Å²) in [6, 6.07) is 16.4. The van der Waals surface area contributed by atoms with Crippen molar-refractivity contribution < 1.29 is 4.79 Å². The normalized spacial score (nSPS) is 16.7. The molecule has 0 N–H and O–H groups in total. The van der Waals surface area contributed by atoms with E-state index in [0.29, 0.717) is 6.42 Å². The summed E-state index contributed by atoms with van der Waals surface area (Å²) in [5, 5.41) is 6.30. The van der Waals surface area contributed by atoms with Crippen LogP contribution in [0.5, 0.6) is 0 Å². The van der Waals surface area contributed by atoms with Crippen molar-refractivity contribution in [2.45, 2.75) is 25.8 Å². The third-order valence-corrected chi connectivity index (χ3v) is 4.97. The highest BCUT2D eigenvalue weighted by atomic mass is 79.9. The van der Waals surface area contributed by atoms with Crippen LogP contribution in [0.3, 0.4) is 0 Å². The second-order valence-corrected chi connectivity index (χ2v) is 7.27. The van der Waals surface area contributed by atoms with Crippen LogP contribution in [0.2, 0.25) is 0 Å². The number of hydrogen-bond donors (Lipinski definition) is 0. The molecule has 1 amide bonds. The maximum atomic E-state index is 12.4. The lowest BCUT2D eigenvalue weighted by Gasteiger charge is -2.22. The topological polar surface area (TPSA) is 35.9 Å². The highest BCUT2D eigenvalue weighted by molar-refractivity contribution is 9.10. The van der Waals surface area contributed by atoms with E-state index in [1.807, 2.05) is 45.3 Å². The second kappa shape index (κ2) is 7.40. The molecule has 1 aliphatic heterocycles. The first-order valence-corrected chi connectivity index (χ1v) is 9.21. The van der Waals surface area contributed by atoms with Gasteiger partial charge in [-0.25, -0.2) is 5.01 Å². The molecule has 0 spiro atoms. The Morgan fingerprint density at radius 2 is 1.80 bits per heavy atom. The monoisotopic (exact) mass is 399 g/mol. The van der Waals surface area contributed by atoms with Crippen molar-refractivity contribution >= 4 is 33.2 Å². The van der Waals surface area contributed by atoms with Gasteiger partial charge >= 0.3 is 0 Å². The molecule has 0 saturated carbocycles. The Balaban J connectivity index is 1.91. The summed E-state index contributed by atoms with van der Waals surface area (Å²) >= 11 is 3.46. The van der Waals surface area contributed by atoms with Gasteiger partial charge in [0.15, 0.2) is 0 Å². The Kier molecular flexibility index (Phi) is 5.23. The Bertz CT molecular complexity index is 782. The molecule has 0 unspecified atom stereocenters. The number of hydrogen-bond acceptors (Lipinski definition) is 3. The van der Waals surface area contributed by atoms with Crippen molar-refractivity contribution in [2.24, 2.45) is 5.10 Å². The summed E-state index contributed by atoms with van der Waals surface area (Å²) < 4.78 is 1.03. The molecule has 130 valence electrons. The lowest BCUT2D eigenvalue weighted by Crippen LogP contribution is -2.26. The molecule has 25 heavy (non-hydrogen) atoms. The average Bonchev–Trinajstić information content (AvgIpc) is 3.07. The Hall–Kier alpha value is -2.14. The molecule has 1 aliphatic rings. The minimum absolute atomic E-state index is 0.0395. The minimum Gasteiger partial charge on any atom is -0.378 e. The van der Waals surface area contributed by atoms with Gasteiger partial charge in [0.1, 0.15) is 0 Å². The zero-order valence-corrected chi connectivity index (χ0v) is 16.3. The van der Waals surface area contributed by atoms with Crippen molar-refractivity contribution in [3.05, 3.63) is 64.1 Å². The summed E-state index contributed by atoms with van der Waals surface area (Å²) in [5.74, 6) is 0.0498. The molecule has 0 aliphatic carbocycles. The fourth-order valence-corrected chi connectivity index (χ4v) is 3.24. The van der Waals surface area contributed by atoms with Gasteiger partial charge in [-0.15, -0.1) is 0 Å². The number of amides is 1. The minimum atomic E-state index is -0.0395. The molecule has 0 fully saturated rings.